The van der Waals surface area contributed by atoms with Crippen molar-refractivity contribution in [1.82, 2.24) is 9.13 Å². The predicted octanol–water partition coefficient (Wildman–Crippen LogP) is 3.39. The van der Waals surface area contributed by atoms with E-state index in [2.05, 4.69) is 5.32 Å². The number of rotatable bonds is 4. The highest BCUT2D eigenvalue weighted by Gasteiger charge is 2.13. The average Bonchev–Trinajstić information content (AvgIpc) is 2.64. The topological polar surface area (TPSA) is 73.1 Å². The number of aryl methyl sites for hydroxylation is 1. The van der Waals surface area contributed by atoms with Crippen LogP contribution in [0.1, 0.15) is 5.56 Å². The second kappa shape index (κ2) is 8.00. The Kier molecular flexibility index (Phi) is 5.67. The number of carbonyl (C=O) groups is 1. The summed E-state index contributed by atoms with van der Waals surface area (Å²) in [7, 11) is 0. The lowest BCUT2D eigenvalue weighted by Gasteiger charge is -2.12. The van der Waals surface area contributed by atoms with Crippen molar-refractivity contribution in [2.45, 2.75) is 13.5 Å². The second-order valence-corrected chi connectivity index (χ2v) is 6.85. The third-order valence-corrected chi connectivity index (χ3v) is 4.57. The fourth-order valence-corrected chi connectivity index (χ4v) is 2.94. The Labute approximate surface area is 168 Å². The van der Waals surface area contributed by atoms with E-state index in [0.717, 1.165) is 15.2 Å². The third-order valence-electron chi connectivity index (χ3n) is 4.01. The Balaban J connectivity index is 1.88. The number of hydrogen-bond donors (Lipinski definition) is 1. The zero-order valence-corrected chi connectivity index (χ0v) is 16.1. The number of nitrogens with one attached hydrogen (secondary N) is 1. The fraction of sp³-hybridized carbons (Fsp3) is 0.105. The molecule has 1 N–H and O–H groups in total. The molecule has 0 unspecified atom stereocenters. The van der Waals surface area contributed by atoms with Gasteiger partial charge in [0.05, 0.1) is 16.4 Å². The minimum atomic E-state index is -0.918. The van der Waals surface area contributed by atoms with E-state index in [0.29, 0.717) is 10.6 Å². The number of aromatic nitrogens is 2. The largest absolute Gasteiger partial charge is 0.323 e. The normalized spacial score (nSPS) is 10.7. The van der Waals surface area contributed by atoms with E-state index >= 15 is 0 Å². The van der Waals surface area contributed by atoms with Gasteiger partial charge >= 0.3 is 11.1 Å². The molecule has 144 valence electrons. The van der Waals surface area contributed by atoms with Crippen LogP contribution in [0.3, 0.4) is 0 Å². The molecule has 1 amide bonds. The lowest BCUT2D eigenvalue weighted by atomic mass is 10.2. The molecule has 0 radical (unpaired) electrons. The molecular formula is C19H14Cl2FN3O3. The van der Waals surface area contributed by atoms with Gasteiger partial charge in [-0.1, -0.05) is 29.3 Å². The van der Waals surface area contributed by atoms with E-state index in [1.54, 1.807) is 13.0 Å². The van der Waals surface area contributed by atoms with Crippen LogP contribution >= 0.6 is 23.2 Å². The molecule has 6 nitrogen and oxygen atoms in total. The maximum absolute atomic E-state index is 13.5. The lowest BCUT2D eigenvalue weighted by Crippen LogP contribution is -2.41. The highest BCUT2D eigenvalue weighted by Crippen LogP contribution is 2.25. The molecular weight excluding hydrogens is 408 g/mol. The third kappa shape index (κ3) is 4.16. The summed E-state index contributed by atoms with van der Waals surface area (Å²) in [5, 5.41) is 3.19. The quantitative estimate of drug-likeness (QED) is 0.656. The summed E-state index contributed by atoms with van der Waals surface area (Å²) >= 11 is 11.9. The molecule has 2 aromatic carbocycles. The van der Waals surface area contributed by atoms with Gasteiger partial charge in [0.25, 0.3) is 0 Å². The van der Waals surface area contributed by atoms with E-state index < -0.39 is 29.4 Å². The summed E-state index contributed by atoms with van der Waals surface area (Å²) < 4.78 is 15.5. The Hall–Kier alpha value is -2.90. The van der Waals surface area contributed by atoms with Crippen molar-refractivity contribution in [2.75, 3.05) is 5.32 Å². The summed E-state index contributed by atoms with van der Waals surface area (Å²) in [4.78, 5) is 37.0. The molecule has 0 aliphatic heterocycles. The van der Waals surface area contributed by atoms with E-state index in [9.17, 15) is 18.8 Å². The van der Waals surface area contributed by atoms with Crippen LogP contribution in [0.5, 0.6) is 0 Å². The standard InChI is InChI=1S/C19H14Cl2FN3O3/c1-11-2-4-13(22)9-16(11)25-7-6-24(18(27)19(25)28)10-17(26)23-15-8-12(20)3-5-14(15)21/h2-9H,10H2,1H3,(H,23,26). The van der Waals surface area contributed by atoms with Crippen molar-refractivity contribution < 1.29 is 9.18 Å². The Morgan fingerprint density at radius 3 is 2.57 bits per heavy atom. The summed E-state index contributed by atoms with van der Waals surface area (Å²) in [6, 6.07) is 8.48. The van der Waals surface area contributed by atoms with Crippen LogP contribution < -0.4 is 16.4 Å². The minimum Gasteiger partial charge on any atom is -0.323 e. The SMILES string of the molecule is Cc1ccc(F)cc1-n1ccn(CC(=O)Nc2cc(Cl)ccc2Cl)c(=O)c1=O. The fourth-order valence-electron chi connectivity index (χ4n) is 2.60. The van der Waals surface area contributed by atoms with Gasteiger partial charge in [0.1, 0.15) is 12.4 Å². The van der Waals surface area contributed by atoms with E-state index in [4.69, 9.17) is 23.2 Å². The molecule has 0 bridgehead atoms. The number of benzene rings is 2. The first-order chi connectivity index (χ1) is 13.3. The first-order valence-corrected chi connectivity index (χ1v) is 8.85. The van der Waals surface area contributed by atoms with Gasteiger partial charge in [0.15, 0.2) is 0 Å². The average molecular weight is 422 g/mol. The van der Waals surface area contributed by atoms with E-state index in [1.165, 1.54) is 36.7 Å². The summed E-state index contributed by atoms with van der Waals surface area (Å²) in [6.45, 7) is 1.29. The second-order valence-electron chi connectivity index (χ2n) is 6.01. The zero-order chi connectivity index (χ0) is 20.4. The minimum absolute atomic E-state index is 0.254. The number of carbonyl (C=O) groups excluding carboxylic acids is 1. The molecule has 0 saturated heterocycles. The van der Waals surface area contributed by atoms with Gasteiger partial charge in [-0.25, -0.2) is 4.39 Å². The molecule has 0 spiro atoms. The van der Waals surface area contributed by atoms with Crippen molar-refractivity contribution in [3.05, 3.63) is 90.9 Å². The Bertz CT molecular complexity index is 1190. The number of halogens is 3. The highest BCUT2D eigenvalue weighted by atomic mass is 35.5. The van der Waals surface area contributed by atoms with Crippen LogP contribution in [0.2, 0.25) is 10.0 Å². The van der Waals surface area contributed by atoms with Crippen LogP contribution in [0, 0.1) is 12.7 Å². The molecule has 0 aliphatic rings. The van der Waals surface area contributed by atoms with E-state index in [-0.39, 0.29) is 16.4 Å². The monoisotopic (exact) mass is 421 g/mol. The molecule has 0 fully saturated rings. The van der Waals surface area contributed by atoms with Crippen LogP contribution in [0.25, 0.3) is 5.69 Å². The molecule has 1 heterocycles. The van der Waals surface area contributed by atoms with Gasteiger partial charge in [-0.3, -0.25) is 23.5 Å². The van der Waals surface area contributed by atoms with Gasteiger partial charge in [-0.2, -0.15) is 0 Å². The molecule has 1 aromatic heterocycles. The molecule has 0 atom stereocenters. The van der Waals surface area contributed by atoms with Gasteiger partial charge in [0, 0.05) is 17.4 Å². The van der Waals surface area contributed by atoms with Crippen molar-refractivity contribution in [1.29, 1.82) is 0 Å². The van der Waals surface area contributed by atoms with Crippen LogP contribution in [0.4, 0.5) is 10.1 Å². The van der Waals surface area contributed by atoms with Gasteiger partial charge in [0.2, 0.25) is 5.91 Å². The van der Waals surface area contributed by atoms with Crippen LogP contribution in [-0.4, -0.2) is 15.0 Å². The molecule has 3 aromatic rings. The van der Waals surface area contributed by atoms with Gasteiger partial charge in [-0.05, 0) is 42.8 Å². The van der Waals surface area contributed by atoms with Gasteiger partial charge < -0.3 is 5.32 Å². The Morgan fingerprint density at radius 1 is 1.07 bits per heavy atom. The molecule has 0 saturated carbocycles. The smallest absolute Gasteiger partial charge is 0.320 e. The van der Waals surface area contributed by atoms with Crippen molar-refractivity contribution in [3.8, 4) is 5.69 Å². The summed E-state index contributed by atoms with van der Waals surface area (Å²) in [6.07, 6.45) is 2.60. The van der Waals surface area contributed by atoms with Crippen molar-refractivity contribution in [2.24, 2.45) is 0 Å². The number of hydrogen-bond acceptors (Lipinski definition) is 3. The van der Waals surface area contributed by atoms with Crippen LogP contribution in [0.15, 0.2) is 58.4 Å². The van der Waals surface area contributed by atoms with E-state index in [1.807, 2.05) is 0 Å². The first kappa shape index (κ1) is 19.9. The predicted molar refractivity (Wildman–Crippen MR) is 106 cm³/mol. The molecule has 9 heteroatoms. The number of nitrogens with zero attached hydrogens (tertiary/aromatic N) is 2. The van der Waals surface area contributed by atoms with Crippen molar-refractivity contribution >= 4 is 34.8 Å². The maximum Gasteiger partial charge on any atom is 0.320 e. The van der Waals surface area contributed by atoms with Crippen LogP contribution in [-0.2, 0) is 11.3 Å². The molecule has 3 rings (SSSR count). The Morgan fingerprint density at radius 2 is 1.82 bits per heavy atom. The summed E-state index contributed by atoms with van der Waals surface area (Å²) in [5.74, 6) is -1.10. The van der Waals surface area contributed by atoms with Gasteiger partial charge in [-0.15, -0.1) is 0 Å². The number of amides is 1. The molecule has 28 heavy (non-hydrogen) atoms. The van der Waals surface area contributed by atoms with Crippen molar-refractivity contribution in [3.63, 3.8) is 0 Å². The highest BCUT2D eigenvalue weighted by molar-refractivity contribution is 6.35. The zero-order valence-electron chi connectivity index (χ0n) is 14.6. The lowest BCUT2D eigenvalue weighted by molar-refractivity contribution is -0.116. The molecule has 0 aliphatic carbocycles. The maximum atomic E-state index is 13.5. The number of anilines is 1. The first-order valence-electron chi connectivity index (χ1n) is 8.10. The summed E-state index contributed by atoms with van der Waals surface area (Å²) in [5.41, 5.74) is -0.655.